The number of hydrogen-bond acceptors (Lipinski definition) is 4. The Balaban J connectivity index is 2.31. The van der Waals surface area contributed by atoms with Crippen LogP contribution in [-0.4, -0.2) is 28.7 Å². The van der Waals surface area contributed by atoms with E-state index in [1.807, 2.05) is 13.0 Å². The number of aliphatic imine (C=N–C) groups is 1. The second-order valence-corrected chi connectivity index (χ2v) is 6.24. The van der Waals surface area contributed by atoms with Crippen molar-refractivity contribution >= 4 is 18.0 Å². The quantitative estimate of drug-likeness (QED) is 0.860. The number of rotatable bonds is 1. The fourth-order valence-corrected chi connectivity index (χ4v) is 2.16. The zero-order valence-corrected chi connectivity index (χ0v) is 13.0. The van der Waals surface area contributed by atoms with E-state index in [4.69, 9.17) is 9.47 Å². The van der Waals surface area contributed by atoms with Gasteiger partial charge < -0.3 is 14.6 Å². The van der Waals surface area contributed by atoms with Crippen molar-refractivity contribution in [2.45, 2.75) is 39.7 Å². The average Bonchev–Trinajstić information content (AvgIpc) is 2.36. The Labute approximate surface area is 128 Å². The van der Waals surface area contributed by atoms with Crippen LogP contribution in [0.15, 0.2) is 23.2 Å². The Morgan fingerprint density at radius 2 is 2.05 bits per heavy atom. The van der Waals surface area contributed by atoms with Crippen molar-refractivity contribution in [3.05, 3.63) is 29.3 Å². The van der Waals surface area contributed by atoms with Crippen LogP contribution in [0, 0.1) is 5.92 Å². The van der Waals surface area contributed by atoms with Crippen LogP contribution in [-0.2, 0) is 11.2 Å². The van der Waals surface area contributed by atoms with E-state index in [2.05, 4.69) is 4.99 Å². The minimum absolute atomic E-state index is 0.0567. The van der Waals surface area contributed by atoms with Gasteiger partial charge in [0.15, 0.2) is 0 Å². The molecule has 1 amide bonds. The first-order valence-electron chi connectivity index (χ1n) is 7.02. The highest BCUT2D eigenvalue weighted by molar-refractivity contribution is 5.96. The van der Waals surface area contributed by atoms with Crippen LogP contribution in [0.1, 0.15) is 43.6 Å². The van der Waals surface area contributed by atoms with Gasteiger partial charge in [0.25, 0.3) is 0 Å². The maximum absolute atomic E-state index is 11.8. The molecule has 22 heavy (non-hydrogen) atoms. The third-order valence-electron chi connectivity index (χ3n) is 3.08. The lowest BCUT2D eigenvalue weighted by molar-refractivity contribution is 0.0599. The van der Waals surface area contributed by atoms with Crippen molar-refractivity contribution < 1.29 is 24.2 Å². The summed E-state index contributed by atoms with van der Waals surface area (Å²) in [5, 5.41) is 9.22. The summed E-state index contributed by atoms with van der Waals surface area (Å²) in [7, 11) is 0. The van der Waals surface area contributed by atoms with Crippen LogP contribution in [0.5, 0.6) is 5.75 Å². The molecule has 6 heteroatoms. The molecule has 1 aromatic carbocycles. The van der Waals surface area contributed by atoms with Crippen molar-refractivity contribution in [2.75, 3.05) is 0 Å². The van der Waals surface area contributed by atoms with Gasteiger partial charge in [-0.1, -0.05) is 19.1 Å². The molecule has 0 bridgehead atoms. The molecule has 0 aliphatic carbocycles. The Bertz CT molecular complexity index is 642. The fourth-order valence-electron chi connectivity index (χ4n) is 2.16. The number of hydrogen-bond donors (Lipinski definition) is 1. The van der Waals surface area contributed by atoms with Crippen molar-refractivity contribution in [1.82, 2.24) is 0 Å². The molecule has 118 valence electrons. The summed E-state index contributed by atoms with van der Waals surface area (Å²) < 4.78 is 10.7. The highest BCUT2D eigenvalue weighted by Crippen LogP contribution is 2.32. The first-order chi connectivity index (χ1) is 10.2. The van der Waals surface area contributed by atoms with E-state index in [1.165, 1.54) is 6.07 Å². The van der Waals surface area contributed by atoms with Crippen molar-refractivity contribution in [2.24, 2.45) is 10.9 Å². The first-order valence-corrected chi connectivity index (χ1v) is 7.02. The molecule has 1 N–H and O–H groups in total. The fraction of sp³-hybridized carbons (Fsp3) is 0.438. The number of aromatic carboxylic acids is 1. The third kappa shape index (κ3) is 3.63. The highest BCUT2D eigenvalue weighted by atomic mass is 16.6. The molecule has 0 saturated heterocycles. The van der Waals surface area contributed by atoms with E-state index in [-0.39, 0.29) is 23.1 Å². The van der Waals surface area contributed by atoms with Crippen molar-refractivity contribution in [1.29, 1.82) is 0 Å². The zero-order chi connectivity index (χ0) is 16.5. The largest absolute Gasteiger partial charge is 0.478 e. The molecule has 1 aliphatic rings. The lowest BCUT2D eigenvalue weighted by Gasteiger charge is -2.25. The molecule has 1 aromatic rings. The molecule has 1 heterocycles. The lowest BCUT2D eigenvalue weighted by Crippen LogP contribution is -2.29. The van der Waals surface area contributed by atoms with Crippen LogP contribution >= 0.6 is 0 Å². The van der Waals surface area contributed by atoms with Gasteiger partial charge in [0.2, 0.25) is 5.90 Å². The van der Waals surface area contributed by atoms with E-state index >= 15 is 0 Å². The van der Waals surface area contributed by atoms with Crippen molar-refractivity contribution in [3.8, 4) is 5.75 Å². The summed E-state index contributed by atoms with van der Waals surface area (Å²) >= 11 is 0. The predicted octanol–water partition coefficient (Wildman–Crippen LogP) is 3.29. The molecule has 1 unspecified atom stereocenters. The summed E-state index contributed by atoms with van der Waals surface area (Å²) in [6.07, 6.45) is -0.191. The van der Waals surface area contributed by atoms with Gasteiger partial charge in [0, 0.05) is 5.92 Å². The van der Waals surface area contributed by atoms with Crippen LogP contribution in [0.25, 0.3) is 0 Å². The van der Waals surface area contributed by atoms with E-state index in [0.29, 0.717) is 6.42 Å². The molecule has 0 radical (unpaired) electrons. The highest BCUT2D eigenvalue weighted by Gasteiger charge is 2.28. The summed E-state index contributed by atoms with van der Waals surface area (Å²) in [5.41, 5.74) is 0.195. The molecule has 0 aromatic heterocycles. The Morgan fingerprint density at radius 3 is 2.64 bits per heavy atom. The van der Waals surface area contributed by atoms with Gasteiger partial charge in [-0.05, 0) is 38.8 Å². The summed E-state index contributed by atoms with van der Waals surface area (Å²) in [5.74, 6) is -0.794. The minimum Gasteiger partial charge on any atom is -0.478 e. The molecule has 0 saturated carbocycles. The number of carbonyl (C=O) groups is 2. The number of carbonyl (C=O) groups excluding carboxylic acids is 1. The summed E-state index contributed by atoms with van der Waals surface area (Å²) in [4.78, 5) is 26.9. The third-order valence-corrected chi connectivity index (χ3v) is 3.08. The van der Waals surface area contributed by atoms with Crippen LogP contribution in [0.3, 0.4) is 0 Å². The lowest BCUT2D eigenvalue weighted by atomic mass is 9.95. The van der Waals surface area contributed by atoms with Gasteiger partial charge in [0.05, 0.1) is 0 Å². The number of benzene rings is 1. The average molecular weight is 305 g/mol. The molecule has 1 aliphatic heterocycles. The molecular weight excluding hydrogens is 286 g/mol. The van der Waals surface area contributed by atoms with Gasteiger partial charge in [-0.2, -0.15) is 0 Å². The van der Waals surface area contributed by atoms with Gasteiger partial charge in [0.1, 0.15) is 16.9 Å². The molecule has 0 fully saturated rings. The summed E-state index contributed by atoms with van der Waals surface area (Å²) in [6, 6.07) is 4.94. The molecule has 1 atom stereocenters. The second-order valence-electron chi connectivity index (χ2n) is 6.24. The number of nitrogens with zero attached hydrogens (tertiary/aromatic N) is 1. The van der Waals surface area contributed by atoms with Gasteiger partial charge >= 0.3 is 12.1 Å². The van der Waals surface area contributed by atoms with Gasteiger partial charge in [-0.25, -0.2) is 9.59 Å². The van der Waals surface area contributed by atoms with E-state index < -0.39 is 17.7 Å². The second kappa shape index (κ2) is 5.79. The van der Waals surface area contributed by atoms with Crippen molar-refractivity contribution in [3.63, 3.8) is 0 Å². The normalized spacial score (nSPS) is 19.3. The first kappa shape index (κ1) is 16.0. The number of para-hydroxylation sites is 1. The van der Waals surface area contributed by atoms with Crippen LogP contribution in [0.4, 0.5) is 4.79 Å². The minimum atomic E-state index is -1.08. The smallest absolute Gasteiger partial charge is 0.437 e. The van der Waals surface area contributed by atoms with E-state index in [0.717, 1.165) is 5.56 Å². The Kier molecular flexibility index (Phi) is 4.21. The molecule has 0 spiro atoms. The Hall–Kier alpha value is -2.37. The SMILES string of the molecule is CC1Cc2cccc(C(=O)O)c2OC1=NC(=O)OC(C)(C)C. The number of fused-ring (bicyclic) bond motifs is 1. The number of ether oxygens (including phenoxy) is 2. The maximum Gasteiger partial charge on any atom is 0.437 e. The standard InChI is InChI=1S/C16H19NO5/c1-9-8-10-6-5-7-11(14(18)19)12(10)21-13(9)17-15(20)22-16(2,3)4/h5-7,9H,8H2,1-4H3,(H,18,19). The molecular formula is C16H19NO5. The van der Waals surface area contributed by atoms with E-state index in [9.17, 15) is 14.7 Å². The topological polar surface area (TPSA) is 85.2 Å². The number of carboxylic acids is 1. The van der Waals surface area contributed by atoms with Crippen LogP contribution in [0.2, 0.25) is 0 Å². The monoisotopic (exact) mass is 305 g/mol. The van der Waals surface area contributed by atoms with Crippen LogP contribution < -0.4 is 4.74 Å². The van der Waals surface area contributed by atoms with Gasteiger partial charge in [-0.3, -0.25) is 0 Å². The number of carboxylic acid groups (broad SMARTS) is 1. The maximum atomic E-state index is 11.8. The molecule has 6 nitrogen and oxygen atoms in total. The predicted molar refractivity (Wildman–Crippen MR) is 80.6 cm³/mol. The van der Waals surface area contributed by atoms with Gasteiger partial charge in [-0.15, -0.1) is 4.99 Å². The number of amides is 1. The molecule has 2 rings (SSSR count). The van der Waals surface area contributed by atoms with E-state index in [1.54, 1.807) is 26.8 Å². The zero-order valence-electron chi connectivity index (χ0n) is 13.0. The Morgan fingerprint density at radius 1 is 1.36 bits per heavy atom. The summed E-state index contributed by atoms with van der Waals surface area (Å²) in [6.45, 7) is 7.09.